The zero-order valence-corrected chi connectivity index (χ0v) is 9.64. The van der Waals surface area contributed by atoms with E-state index in [0.717, 1.165) is 18.9 Å². The average molecular weight is 209 g/mol. The van der Waals surface area contributed by atoms with Crippen molar-refractivity contribution in [2.45, 2.75) is 6.42 Å². The first-order valence-corrected chi connectivity index (χ1v) is 4.84. The summed E-state index contributed by atoms with van der Waals surface area (Å²) in [5.74, 6) is 0.815. The average Bonchev–Trinajstić information content (AvgIpc) is 2.20. The summed E-state index contributed by atoms with van der Waals surface area (Å²) < 4.78 is 0. The van der Waals surface area contributed by atoms with Crippen molar-refractivity contribution in [2.75, 3.05) is 34.2 Å². The van der Waals surface area contributed by atoms with Crippen LogP contribution < -0.4 is 5.73 Å². The number of allylic oxidation sites excluding steroid dienone is 1. The molecule has 0 aromatic carbocycles. The standard InChI is InChI=1S/C10H19N5/c1-14(2)10(13-8-4-6-11)15(3)9-5-7-12/h4,8H,5,7,9,12H2,1-3H3/b8-4+,13-10+. The molecule has 0 aromatic heterocycles. The van der Waals surface area contributed by atoms with Crippen LogP contribution in [0.2, 0.25) is 0 Å². The Bertz CT molecular complexity index is 261. The quantitative estimate of drug-likeness (QED) is 0.408. The number of aliphatic imine (C=N–C) groups is 1. The molecule has 0 saturated heterocycles. The van der Waals surface area contributed by atoms with E-state index >= 15 is 0 Å². The van der Waals surface area contributed by atoms with Crippen LogP contribution in [0.15, 0.2) is 17.3 Å². The third kappa shape index (κ3) is 5.70. The largest absolute Gasteiger partial charge is 0.349 e. The number of hydrogen-bond donors (Lipinski definition) is 1. The summed E-state index contributed by atoms with van der Waals surface area (Å²) in [6, 6.07) is 1.90. The molecule has 0 aliphatic carbocycles. The fraction of sp³-hybridized carbons (Fsp3) is 0.600. The van der Waals surface area contributed by atoms with Gasteiger partial charge in [0.1, 0.15) is 0 Å². The molecule has 5 heteroatoms. The molecule has 0 amide bonds. The Morgan fingerprint density at radius 2 is 2.13 bits per heavy atom. The van der Waals surface area contributed by atoms with Gasteiger partial charge in [-0.05, 0) is 13.0 Å². The van der Waals surface area contributed by atoms with E-state index in [-0.39, 0.29) is 0 Å². The summed E-state index contributed by atoms with van der Waals surface area (Å²) in [5.41, 5.74) is 5.44. The highest BCUT2D eigenvalue weighted by Gasteiger charge is 2.06. The van der Waals surface area contributed by atoms with Gasteiger partial charge in [-0.2, -0.15) is 5.26 Å². The number of hydrogen-bond acceptors (Lipinski definition) is 3. The Hall–Kier alpha value is -1.54. The Labute approximate surface area is 91.5 Å². The molecule has 5 nitrogen and oxygen atoms in total. The van der Waals surface area contributed by atoms with Crippen molar-refractivity contribution in [3.05, 3.63) is 12.3 Å². The van der Waals surface area contributed by atoms with Crippen molar-refractivity contribution in [1.82, 2.24) is 9.80 Å². The predicted molar refractivity (Wildman–Crippen MR) is 62.2 cm³/mol. The van der Waals surface area contributed by atoms with Crippen molar-refractivity contribution in [1.29, 1.82) is 5.26 Å². The SMILES string of the molecule is CN(C)/C(=N\C=C\C#N)N(C)CCCN. The van der Waals surface area contributed by atoms with Crippen molar-refractivity contribution >= 4 is 5.96 Å². The Balaban J connectivity index is 4.45. The van der Waals surface area contributed by atoms with Crippen LogP contribution in [-0.4, -0.2) is 50.0 Å². The molecular weight excluding hydrogens is 190 g/mol. The van der Waals surface area contributed by atoms with Crippen LogP contribution in [0.5, 0.6) is 0 Å². The minimum absolute atomic E-state index is 0.666. The van der Waals surface area contributed by atoms with E-state index in [9.17, 15) is 0 Å². The molecule has 0 saturated carbocycles. The first kappa shape index (κ1) is 13.5. The van der Waals surface area contributed by atoms with Crippen LogP contribution in [-0.2, 0) is 0 Å². The molecule has 0 fully saturated rings. The molecule has 84 valence electrons. The molecule has 0 atom stereocenters. The number of nitriles is 1. The van der Waals surface area contributed by atoms with Gasteiger partial charge in [0.05, 0.1) is 6.07 Å². The molecule has 15 heavy (non-hydrogen) atoms. The van der Waals surface area contributed by atoms with Gasteiger partial charge in [-0.1, -0.05) is 0 Å². The lowest BCUT2D eigenvalue weighted by Gasteiger charge is -2.25. The number of nitrogens with two attached hydrogens (primary N) is 1. The van der Waals surface area contributed by atoms with Crippen LogP contribution in [0.1, 0.15) is 6.42 Å². The van der Waals surface area contributed by atoms with E-state index < -0.39 is 0 Å². The van der Waals surface area contributed by atoms with Gasteiger partial charge in [-0.25, -0.2) is 4.99 Å². The zero-order valence-electron chi connectivity index (χ0n) is 9.64. The zero-order chi connectivity index (χ0) is 11.7. The lowest BCUT2D eigenvalue weighted by Crippen LogP contribution is -2.38. The van der Waals surface area contributed by atoms with Crippen molar-refractivity contribution in [2.24, 2.45) is 10.7 Å². The highest BCUT2D eigenvalue weighted by Crippen LogP contribution is 1.94. The molecular formula is C10H19N5. The smallest absolute Gasteiger partial charge is 0.200 e. The van der Waals surface area contributed by atoms with Crippen LogP contribution in [0, 0.1) is 11.3 Å². The molecule has 0 aromatic rings. The molecule has 0 heterocycles. The van der Waals surface area contributed by atoms with Gasteiger partial charge in [0, 0.05) is 40.0 Å². The maximum absolute atomic E-state index is 8.35. The third-order valence-corrected chi connectivity index (χ3v) is 1.78. The molecule has 0 bridgehead atoms. The minimum atomic E-state index is 0.666. The molecule has 0 radical (unpaired) electrons. The van der Waals surface area contributed by atoms with E-state index in [1.165, 1.54) is 12.3 Å². The summed E-state index contributed by atoms with van der Waals surface area (Å²) in [5, 5.41) is 8.35. The second-order valence-corrected chi connectivity index (χ2v) is 3.33. The van der Waals surface area contributed by atoms with Gasteiger partial charge in [0.2, 0.25) is 0 Å². The lowest BCUT2D eigenvalue weighted by molar-refractivity contribution is 0.419. The molecule has 2 N–H and O–H groups in total. The molecule has 0 spiro atoms. The molecule has 0 unspecified atom stereocenters. The minimum Gasteiger partial charge on any atom is -0.349 e. The van der Waals surface area contributed by atoms with Gasteiger partial charge in [-0.3, -0.25) is 0 Å². The number of rotatable bonds is 4. The first-order chi connectivity index (χ1) is 7.13. The van der Waals surface area contributed by atoms with Crippen molar-refractivity contribution in [3.8, 4) is 6.07 Å². The van der Waals surface area contributed by atoms with E-state index in [4.69, 9.17) is 11.0 Å². The fourth-order valence-corrected chi connectivity index (χ4v) is 1.12. The normalized spacial score (nSPS) is 11.5. The van der Waals surface area contributed by atoms with E-state index in [2.05, 4.69) is 4.99 Å². The highest BCUT2D eigenvalue weighted by molar-refractivity contribution is 5.79. The van der Waals surface area contributed by atoms with Gasteiger partial charge >= 0.3 is 0 Å². The Morgan fingerprint density at radius 1 is 1.47 bits per heavy atom. The van der Waals surface area contributed by atoms with Gasteiger partial charge in [-0.15, -0.1) is 0 Å². The van der Waals surface area contributed by atoms with Crippen LogP contribution >= 0.6 is 0 Å². The van der Waals surface area contributed by atoms with Crippen LogP contribution in [0.25, 0.3) is 0 Å². The second-order valence-electron chi connectivity index (χ2n) is 3.33. The van der Waals surface area contributed by atoms with Gasteiger partial charge < -0.3 is 15.5 Å². The molecule has 0 aliphatic rings. The maximum atomic E-state index is 8.35. The van der Waals surface area contributed by atoms with E-state index in [0.29, 0.717) is 6.54 Å². The number of nitrogens with zero attached hydrogens (tertiary/aromatic N) is 4. The van der Waals surface area contributed by atoms with Gasteiger partial charge in [0.25, 0.3) is 0 Å². The van der Waals surface area contributed by atoms with Crippen molar-refractivity contribution in [3.63, 3.8) is 0 Å². The van der Waals surface area contributed by atoms with Crippen LogP contribution in [0.3, 0.4) is 0 Å². The topological polar surface area (TPSA) is 68.7 Å². The van der Waals surface area contributed by atoms with Crippen molar-refractivity contribution < 1.29 is 0 Å². The molecule has 0 aliphatic heterocycles. The summed E-state index contributed by atoms with van der Waals surface area (Å²) >= 11 is 0. The summed E-state index contributed by atoms with van der Waals surface area (Å²) in [4.78, 5) is 8.10. The lowest BCUT2D eigenvalue weighted by atomic mass is 10.4. The van der Waals surface area contributed by atoms with E-state index in [1.807, 2.05) is 37.0 Å². The van der Waals surface area contributed by atoms with Gasteiger partial charge in [0.15, 0.2) is 5.96 Å². The summed E-state index contributed by atoms with van der Waals surface area (Å²) in [7, 11) is 5.78. The predicted octanol–water partition coefficient (Wildman–Crippen LogP) is 0.222. The Morgan fingerprint density at radius 3 is 2.60 bits per heavy atom. The van der Waals surface area contributed by atoms with Crippen LogP contribution in [0.4, 0.5) is 0 Å². The third-order valence-electron chi connectivity index (χ3n) is 1.78. The Kier molecular flexibility index (Phi) is 7.02. The summed E-state index contributed by atoms with van der Waals surface area (Å²) in [6.45, 7) is 1.52. The maximum Gasteiger partial charge on any atom is 0.200 e. The highest BCUT2D eigenvalue weighted by atomic mass is 15.3. The number of guanidine groups is 1. The summed E-state index contributed by atoms with van der Waals surface area (Å²) in [6.07, 6.45) is 3.76. The second kappa shape index (κ2) is 7.83. The monoisotopic (exact) mass is 209 g/mol. The fourth-order valence-electron chi connectivity index (χ4n) is 1.12. The van der Waals surface area contributed by atoms with E-state index in [1.54, 1.807) is 0 Å². The first-order valence-electron chi connectivity index (χ1n) is 4.84. The molecule has 0 rings (SSSR count).